The average Bonchev–Trinajstić information content (AvgIpc) is 2.55. The van der Waals surface area contributed by atoms with E-state index in [1.54, 1.807) is 6.33 Å². The summed E-state index contributed by atoms with van der Waals surface area (Å²) in [5.41, 5.74) is 3.62. The Morgan fingerprint density at radius 1 is 1.24 bits per heavy atom. The maximum atomic E-state index is 9.91. The first-order valence-corrected chi connectivity index (χ1v) is 6.81. The van der Waals surface area contributed by atoms with Crippen LogP contribution in [0.3, 0.4) is 0 Å². The Labute approximate surface area is 103 Å². The third-order valence-corrected chi connectivity index (χ3v) is 3.52. The van der Waals surface area contributed by atoms with Crippen LogP contribution >= 0.6 is 0 Å². The second-order valence-corrected chi connectivity index (χ2v) is 4.95. The zero-order valence-electron chi connectivity index (χ0n) is 10.7. The molecule has 0 saturated heterocycles. The van der Waals surface area contributed by atoms with Gasteiger partial charge >= 0.3 is 0 Å². The molecule has 1 unspecified atom stereocenters. The van der Waals surface area contributed by atoms with E-state index in [4.69, 9.17) is 0 Å². The third-order valence-electron chi connectivity index (χ3n) is 3.52. The topological polar surface area (TPSA) is 46.0 Å². The Morgan fingerprint density at radius 3 is 2.88 bits per heavy atom. The molecule has 1 N–H and O–H groups in total. The van der Waals surface area contributed by atoms with Gasteiger partial charge in [0, 0.05) is 17.8 Å². The van der Waals surface area contributed by atoms with Crippen molar-refractivity contribution in [2.45, 2.75) is 64.4 Å². The van der Waals surface area contributed by atoms with Gasteiger partial charge in [-0.2, -0.15) is 0 Å². The molecular formula is C14H22N2O. The lowest BCUT2D eigenvalue weighted by Crippen LogP contribution is -2.14. The Balaban J connectivity index is 2.16. The SMILES string of the molecule is CCCC(O)Cc1ncnc2c1CCCCC2. The Hall–Kier alpha value is -0.960. The van der Waals surface area contributed by atoms with Crippen molar-refractivity contribution in [1.29, 1.82) is 0 Å². The largest absolute Gasteiger partial charge is 0.393 e. The molecule has 2 rings (SSSR count). The summed E-state index contributed by atoms with van der Waals surface area (Å²) in [6.07, 6.45) is 9.91. The zero-order valence-corrected chi connectivity index (χ0v) is 10.7. The highest BCUT2D eigenvalue weighted by atomic mass is 16.3. The molecule has 1 aromatic heterocycles. The lowest BCUT2D eigenvalue weighted by molar-refractivity contribution is 0.162. The second-order valence-electron chi connectivity index (χ2n) is 4.95. The standard InChI is InChI=1S/C14H22N2O/c1-2-6-11(17)9-14-12-7-4-3-5-8-13(12)15-10-16-14/h10-11,17H,2-9H2,1H3. The first kappa shape index (κ1) is 12.5. The van der Waals surface area contributed by atoms with Crippen LogP contribution in [-0.4, -0.2) is 21.2 Å². The first-order chi connectivity index (χ1) is 8.31. The number of nitrogens with zero attached hydrogens (tertiary/aromatic N) is 2. The van der Waals surface area contributed by atoms with Crippen molar-refractivity contribution in [3.8, 4) is 0 Å². The van der Waals surface area contributed by atoms with Gasteiger partial charge in [0.25, 0.3) is 0 Å². The van der Waals surface area contributed by atoms with Crippen LogP contribution in [0.15, 0.2) is 6.33 Å². The lowest BCUT2D eigenvalue weighted by atomic mass is 10.0. The molecule has 17 heavy (non-hydrogen) atoms. The predicted molar refractivity (Wildman–Crippen MR) is 67.9 cm³/mol. The van der Waals surface area contributed by atoms with Gasteiger partial charge in [0.2, 0.25) is 0 Å². The predicted octanol–water partition coefficient (Wildman–Crippen LogP) is 2.45. The van der Waals surface area contributed by atoms with Crippen LogP contribution in [0.25, 0.3) is 0 Å². The van der Waals surface area contributed by atoms with Crippen LogP contribution in [0.1, 0.15) is 56.0 Å². The van der Waals surface area contributed by atoms with Crippen LogP contribution in [0.2, 0.25) is 0 Å². The molecule has 0 radical (unpaired) electrons. The van der Waals surface area contributed by atoms with Crippen LogP contribution < -0.4 is 0 Å². The van der Waals surface area contributed by atoms with Crippen molar-refractivity contribution in [1.82, 2.24) is 9.97 Å². The van der Waals surface area contributed by atoms with Gasteiger partial charge in [-0.05, 0) is 37.7 Å². The minimum absolute atomic E-state index is 0.248. The van der Waals surface area contributed by atoms with E-state index in [2.05, 4.69) is 16.9 Å². The maximum Gasteiger partial charge on any atom is 0.115 e. The van der Waals surface area contributed by atoms with Gasteiger partial charge in [-0.15, -0.1) is 0 Å². The fourth-order valence-electron chi connectivity index (χ4n) is 2.60. The molecule has 1 aliphatic carbocycles. The Bertz CT molecular complexity index is 365. The van der Waals surface area contributed by atoms with Crippen LogP contribution in [0.4, 0.5) is 0 Å². The first-order valence-electron chi connectivity index (χ1n) is 6.81. The number of aliphatic hydroxyl groups excluding tert-OH is 1. The van der Waals surface area contributed by atoms with Gasteiger partial charge < -0.3 is 5.11 Å². The highest BCUT2D eigenvalue weighted by molar-refractivity contribution is 5.26. The second kappa shape index (κ2) is 6.10. The number of aryl methyl sites for hydroxylation is 1. The van der Waals surface area contributed by atoms with Crippen molar-refractivity contribution in [2.75, 3.05) is 0 Å². The molecule has 1 atom stereocenters. The zero-order chi connectivity index (χ0) is 12.1. The normalized spacial score (nSPS) is 17.3. The molecule has 3 heteroatoms. The number of hydrogen-bond donors (Lipinski definition) is 1. The minimum atomic E-state index is -0.248. The number of hydrogen-bond acceptors (Lipinski definition) is 3. The number of aliphatic hydroxyl groups is 1. The number of rotatable bonds is 4. The fourth-order valence-corrected chi connectivity index (χ4v) is 2.60. The summed E-state index contributed by atoms with van der Waals surface area (Å²) in [4.78, 5) is 8.79. The van der Waals surface area contributed by atoms with E-state index in [1.165, 1.54) is 30.5 Å². The molecule has 1 heterocycles. The van der Waals surface area contributed by atoms with E-state index in [1.807, 2.05) is 0 Å². The molecule has 0 amide bonds. The summed E-state index contributed by atoms with van der Waals surface area (Å²) in [5.74, 6) is 0. The van der Waals surface area contributed by atoms with Gasteiger partial charge in [0.1, 0.15) is 6.33 Å². The van der Waals surface area contributed by atoms with E-state index in [-0.39, 0.29) is 6.10 Å². The van der Waals surface area contributed by atoms with Crippen LogP contribution in [0.5, 0.6) is 0 Å². The van der Waals surface area contributed by atoms with Gasteiger partial charge in [0.05, 0.1) is 6.10 Å². The molecule has 0 bridgehead atoms. The van der Waals surface area contributed by atoms with Crippen molar-refractivity contribution in [2.24, 2.45) is 0 Å². The lowest BCUT2D eigenvalue weighted by Gasteiger charge is -2.13. The van der Waals surface area contributed by atoms with E-state index >= 15 is 0 Å². The van der Waals surface area contributed by atoms with Gasteiger partial charge in [-0.1, -0.05) is 19.8 Å². The van der Waals surface area contributed by atoms with Crippen molar-refractivity contribution in [3.63, 3.8) is 0 Å². The molecule has 1 aromatic rings. The molecule has 1 aliphatic rings. The van der Waals surface area contributed by atoms with Crippen molar-refractivity contribution in [3.05, 3.63) is 23.3 Å². The fraction of sp³-hybridized carbons (Fsp3) is 0.714. The minimum Gasteiger partial charge on any atom is -0.393 e. The number of aromatic nitrogens is 2. The summed E-state index contributed by atoms with van der Waals surface area (Å²) in [6.45, 7) is 2.10. The quantitative estimate of drug-likeness (QED) is 0.814. The molecule has 0 aliphatic heterocycles. The maximum absolute atomic E-state index is 9.91. The Morgan fingerprint density at radius 2 is 2.06 bits per heavy atom. The molecule has 0 spiro atoms. The summed E-state index contributed by atoms with van der Waals surface area (Å²) < 4.78 is 0. The van der Waals surface area contributed by atoms with E-state index in [9.17, 15) is 5.11 Å². The van der Waals surface area contributed by atoms with Crippen molar-refractivity contribution < 1.29 is 5.11 Å². The molecule has 0 fully saturated rings. The van der Waals surface area contributed by atoms with Gasteiger partial charge in [0.15, 0.2) is 0 Å². The van der Waals surface area contributed by atoms with Crippen LogP contribution in [-0.2, 0) is 19.3 Å². The molecule has 0 aromatic carbocycles. The third kappa shape index (κ3) is 3.25. The van der Waals surface area contributed by atoms with Crippen molar-refractivity contribution >= 4 is 0 Å². The summed E-state index contributed by atoms with van der Waals surface area (Å²) in [5, 5.41) is 9.91. The smallest absolute Gasteiger partial charge is 0.115 e. The van der Waals surface area contributed by atoms with Gasteiger partial charge in [-0.3, -0.25) is 0 Å². The monoisotopic (exact) mass is 234 g/mol. The van der Waals surface area contributed by atoms with Gasteiger partial charge in [-0.25, -0.2) is 9.97 Å². The highest BCUT2D eigenvalue weighted by Crippen LogP contribution is 2.22. The summed E-state index contributed by atoms with van der Waals surface area (Å²) >= 11 is 0. The molecule has 94 valence electrons. The molecule has 0 saturated carbocycles. The molecular weight excluding hydrogens is 212 g/mol. The number of fused-ring (bicyclic) bond motifs is 1. The molecule has 3 nitrogen and oxygen atoms in total. The van der Waals surface area contributed by atoms with E-state index in [0.717, 1.165) is 31.4 Å². The Kier molecular flexibility index (Phi) is 4.49. The summed E-state index contributed by atoms with van der Waals surface area (Å²) in [7, 11) is 0. The van der Waals surface area contributed by atoms with E-state index in [0.29, 0.717) is 6.42 Å². The van der Waals surface area contributed by atoms with E-state index < -0.39 is 0 Å². The highest BCUT2D eigenvalue weighted by Gasteiger charge is 2.16. The summed E-state index contributed by atoms with van der Waals surface area (Å²) in [6, 6.07) is 0. The van der Waals surface area contributed by atoms with Crippen LogP contribution in [0, 0.1) is 0 Å². The average molecular weight is 234 g/mol.